The smallest absolute Gasteiger partial charge is 0.255 e. The van der Waals surface area contributed by atoms with Crippen LogP contribution in [0.2, 0.25) is 0 Å². The van der Waals surface area contributed by atoms with Crippen molar-refractivity contribution in [1.82, 2.24) is 15.0 Å². The van der Waals surface area contributed by atoms with E-state index in [1.54, 1.807) is 24.3 Å². The second kappa shape index (κ2) is 9.07. The number of carbonyl (C=O) groups is 1. The van der Waals surface area contributed by atoms with Crippen LogP contribution in [0.5, 0.6) is 0 Å². The van der Waals surface area contributed by atoms with E-state index in [1.807, 2.05) is 36.4 Å². The van der Waals surface area contributed by atoms with E-state index in [0.29, 0.717) is 35.4 Å². The molecule has 0 saturated carbocycles. The van der Waals surface area contributed by atoms with Gasteiger partial charge in [-0.3, -0.25) is 4.79 Å². The van der Waals surface area contributed by atoms with Crippen LogP contribution in [0.3, 0.4) is 0 Å². The molecule has 1 aromatic heterocycles. The fraction of sp³-hybridized carbons (Fsp3) is 0.120. The minimum atomic E-state index is -0.223. The number of fused-ring (bicyclic) bond motifs is 1. The lowest BCUT2D eigenvalue weighted by Gasteiger charge is -2.16. The van der Waals surface area contributed by atoms with Gasteiger partial charge in [0.15, 0.2) is 0 Å². The van der Waals surface area contributed by atoms with E-state index in [0.717, 1.165) is 18.7 Å². The molecule has 170 valence electrons. The number of hydrogen-bond acceptors (Lipinski definition) is 8. The Morgan fingerprint density at radius 2 is 1.53 bits per heavy atom. The number of hydrogen-bond donors (Lipinski definition) is 4. The van der Waals surface area contributed by atoms with Gasteiger partial charge in [-0.1, -0.05) is 48.5 Å². The quantitative estimate of drug-likeness (QED) is 0.327. The van der Waals surface area contributed by atoms with E-state index in [1.165, 1.54) is 11.1 Å². The molecule has 0 fully saturated rings. The van der Waals surface area contributed by atoms with Crippen molar-refractivity contribution in [3.63, 3.8) is 0 Å². The second-order valence-electron chi connectivity index (χ2n) is 8.03. The Balaban J connectivity index is 1.22. The zero-order valence-corrected chi connectivity index (χ0v) is 18.4. The summed E-state index contributed by atoms with van der Waals surface area (Å²) in [5.41, 5.74) is 17.0. The highest BCUT2D eigenvalue weighted by Crippen LogP contribution is 2.26. The highest BCUT2D eigenvalue weighted by atomic mass is 16.1. The van der Waals surface area contributed by atoms with Crippen LogP contribution in [0.4, 0.5) is 29.2 Å². The number of amides is 1. The van der Waals surface area contributed by atoms with E-state index in [2.05, 4.69) is 42.6 Å². The van der Waals surface area contributed by atoms with Gasteiger partial charge in [-0.05, 0) is 41.0 Å². The summed E-state index contributed by atoms with van der Waals surface area (Å²) in [7, 11) is 0. The van der Waals surface area contributed by atoms with Crippen molar-refractivity contribution in [2.45, 2.75) is 19.6 Å². The minimum absolute atomic E-state index is 0.163. The van der Waals surface area contributed by atoms with Gasteiger partial charge in [0, 0.05) is 25.2 Å². The summed E-state index contributed by atoms with van der Waals surface area (Å²) in [6, 6.07) is 22.7. The van der Waals surface area contributed by atoms with Crippen LogP contribution >= 0.6 is 0 Å². The Hall–Kier alpha value is -4.66. The summed E-state index contributed by atoms with van der Waals surface area (Å²) in [4.78, 5) is 27.7. The second-order valence-corrected chi connectivity index (χ2v) is 8.03. The van der Waals surface area contributed by atoms with E-state index in [9.17, 15) is 4.79 Å². The normalized spacial score (nSPS) is 12.3. The number of benzene rings is 3. The molecule has 0 unspecified atom stereocenters. The Bertz CT molecular complexity index is 1310. The standard InChI is InChI=1S/C25H24N8O/c26-20-7-3-4-8-21(20)29-22(34)17-11-9-16(10-12-17)13-28-24-30-23(27)31-25(32-24)33-14-18-5-1-2-6-19(18)15-33/h1-12H,13-15,26H2,(H,29,34)(H3,27,28,30,31,32). The maximum Gasteiger partial charge on any atom is 0.255 e. The monoisotopic (exact) mass is 452 g/mol. The van der Waals surface area contributed by atoms with Crippen LogP contribution in [-0.4, -0.2) is 20.9 Å². The highest BCUT2D eigenvalue weighted by Gasteiger charge is 2.21. The summed E-state index contributed by atoms with van der Waals surface area (Å²) in [5.74, 6) is 0.882. The molecule has 0 saturated heterocycles. The van der Waals surface area contributed by atoms with Gasteiger partial charge in [0.25, 0.3) is 5.91 Å². The third-order valence-corrected chi connectivity index (χ3v) is 5.64. The number of nitrogens with two attached hydrogens (primary N) is 2. The van der Waals surface area contributed by atoms with Crippen molar-refractivity contribution in [2.24, 2.45) is 0 Å². The average molecular weight is 453 g/mol. The van der Waals surface area contributed by atoms with Gasteiger partial charge in [0.05, 0.1) is 11.4 Å². The fourth-order valence-electron chi connectivity index (χ4n) is 3.84. The molecule has 0 bridgehead atoms. The molecule has 9 nitrogen and oxygen atoms in total. The summed E-state index contributed by atoms with van der Waals surface area (Å²) in [6.07, 6.45) is 0. The molecule has 1 aliphatic heterocycles. The largest absolute Gasteiger partial charge is 0.397 e. The number of nitrogens with zero attached hydrogens (tertiary/aromatic N) is 4. The van der Waals surface area contributed by atoms with Gasteiger partial charge >= 0.3 is 0 Å². The van der Waals surface area contributed by atoms with Crippen molar-refractivity contribution in [2.75, 3.05) is 27.0 Å². The van der Waals surface area contributed by atoms with Crippen LogP contribution in [0, 0.1) is 0 Å². The Morgan fingerprint density at radius 3 is 2.24 bits per heavy atom. The molecule has 1 amide bonds. The highest BCUT2D eigenvalue weighted by molar-refractivity contribution is 6.05. The lowest BCUT2D eigenvalue weighted by molar-refractivity contribution is 0.102. The van der Waals surface area contributed by atoms with Gasteiger partial charge < -0.3 is 27.0 Å². The molecule has 0 atom stereocenters. The van der Waals surface area contributed by atoms with E-state index in [4.69, 9.17) is 11.5 Å². The van der Waals surface area contributed by atoms with Gasteiger partial charge in [-0.15, -0.1) is 0 Å². The number of rotatable bonds is 6. The maximum atomic E-state index is 12.5. The molecule has 0 radical (unpaired) electrons. The zero-order valence-electron chi connectivity index (χ0n) is 18.4. The molecule has 9 heteroatoms. The molecule has 5 rings (SSSR count). The molecule has 0 spiro atoms. The number of para-hydroxylation sites is 2. The minimum Gasteiger partial charge on any atom is -0.397 e. The molecule has 4 aromatic rings. The Morgan fingerprint density at radius 1 is 0.853 bits per heavy atom. The molecule has 2 heterocycles. The number of carbonyl (C=O) groups excluding carboxylic acids is 1. The number of aromatic nitrogens is 3. The third kappa shape index (κ3) is 4.58. The number of nitrogen functional groups attached to an aromatic ring is 2. The van der Waals surface area contributed by atoms with E-state index >= 15 is 0 Å². The molecular weight excluding hydrogens is 428 g/mol. The lowest BCUT2D eigenvalue weighted by Crippen LogP contribution is -2.20. The van der Waals surface area contributed by atoms with Crippen molar-refractivity contribution >= 4 is 35.1 Å². The van der Waals surface area contributed by atoms with Gasteiger partial charge in [0.1, 0.15) is 0 Å². The Kier molecular flexibility index (Phi) is 5.65. The Labute approximate surface area is 196 Å². The van der Waals surface area contributed by atoms with Gasteiger partial charge in [0.2, 0.25) is 17.8 Å². The first-order valence-electron chi connectivity index (χ1n) is 10.9. The first-order valence-corrected chi connectivity index (χ1v) is 10.9. The SMILES string of the molecule is Nc1nc(NCc2ccc(C(=O)Nc3ccccc3N)cc2)nc(N2Cc3ccccc3C2)n1. The summed E-state index contributed by atoms with van der Waals surface area (Å²) < 4.78 is 0. The molecule has 1 aliphatic rings. The van der Waals surface area contributed by atoms with Crippen LogP contribution in [0.15, 0.2) is 72.8 Å². The topological polar surface area (TPSA) is 135 Å². The van der Waals surface area contributed by atoms with Gasteiger partial charge in [-0.2, -0.15) is 15.0 Å². The van der Waals surface area contributed by atoms with Crippen molar-refractivity contribution in [3.05, 3.63) is 95.1 Å². The summed E-state index contributed by atoms with van der Waals surface area (Å²) >= 11 is 0. The molecule has 34 heavy (non-hydrogen) atoms. The summed E-state index contributed by atoms with van der Waals surface area (Å²) in [6.45, 7) is 1.94. The predicted octanol–water partition coefficient (Wildman–Crippen LogP) is 3.42. The number of nitrogens with one attached hydrogen (secondary N) is 2. The summed E-state index contributed by atoms with van der Waals surface area (Å²) in [5, 5.41) is 6.02. The number of anilines is 5. The predicted molar refractivity (Wildman–Crippen MR) is 133 cm³/mol. The lowest BCUT2D eigenvalue weighted by atomic mass is 10.1. The first kappa shape index (κ1) is 21.2. The van der Waals surface area contributed by atoms with Crippen molar-refractivity contribution in [3.8, 4) is 0 Å². The molecule has 6 N–H and O–H groups in total. The average Bonchev–Trinajstić information content (AvgIpc) is 3.29. The van der Waals surface area contributed by atoms with E-state index in [-0.39, 0.29) is 11.9 Å². The zero-order chi connectivity index (χ0) is 23.5. The van der Waals surface area contributed by atoms with Crippen LogP contribution in [0.25, 0.3) is 0 Å². The van der Waals surface area contributed by atoms with Crippen molar-refractivity contribution < 1.29 is 4.79 Å². The first-order chi connectivity index (χ1) is 16.5. The van der Waals surface area contributed by atoms with Crippen LogP contribution in [0.1, 0.15) is 27.0 Å². The van der Waals surface area contributed by atoms with E-state index < -0.39 is 0 Å². The third-order valence-electron chi connectivity index (χ3n) is 5.64. The van der Waals surface area contributed by atoms with Crippen LogP contribution < -0.4 is 27.0 Å². The maximum absolute atomic E-state index is 12.5. The molecule has 3 aromatic carbocycles. The van der Waals surface area contributed by atoms with Gasteiger partial charge in [-0.25, -0.2) is 0 Å². The van der Waals surface area contributed by atoms with Crippen LogP contribution in [-0.2, 0) is 19.6 Å². The molecular formula is C25H24N8O. The van der Waals surface area contributed by atoms with Crippen molar-refractivity contribution in [1.29, 1.82) is 0 Å². The molecule has 0 aliphatic carbocycles. The fourth-order valence-corrected chi connectivity index (χ4v) is 3.84.